The van der Waals surface area contributed by atoms with E-state index in [1.54, 1.807) is 0 Å². The summed E-state index contributed by atoms with van der Waals surface area (Å²) < 4.78 is 6.06. The Kier molecular flexibility index (Phi) is 17.5. The highest BCUT2D eigenvalue weighted by Crippen LogP contribution is 2.14. The zero-order chi connectivity index (χ0) is 20.5. The minimum atomic E-state index is -1.50. The number of carbonyl (C=O) groups excluding carboxylic acids is 1. The zero-order valence-corrected chi connectivity index (χ0v) is 18.5. The number of carbonyl (C=O) groups is 1. The molecular formula is C20H43N3O3. The first-order valence-corrected chi connectivity index (χ1v) is 10.2. The van der Waals surface area contributed by atoms with Crippen LogP contribution in [0.5, 0.6) is 0 Å². The smallest absolute Gasteiger partial charge is 0.350 e. The number of guanidine groups is 1. The van der Waals surface area contributed by atoms with E-state index >= 15 is 0 Å². The number of methoxy groups -OCH3 is 1. The molecule has 0 spiro atoms. The van der Waals surface area contributed by atoms with Crippen molar-refractivity contribution in [2.75, 3.05) is 46.9 Å². The lowest BCUT2D eigenvalue weighted by Gasteiger charge is -2.29. The quantitative estimate of drug-likeness (QED) is 0.255. The van der Waals surface area contributed by atoms with Gasteiger partial charge in [0.25, 0.3) is 6.16 Å². The summed E-state index contributed by atoms with van der Waals surface area (Å²) in [4.78, 5) is 14.0. The number of ether oxygens (including phenoxy) is 1. The molecule has 0 radical (unpaired) electrons. The third kappa shape index (κ3) is 11.2. The topological polar surface area (TPSA) is 58.8 Å². The maximum absolute atomic E-state index is 9.03. The van der Waals surface area contributed by atoms with E-state index < -0.39 is 6.16 Å². The fraction of sp³-hybridized carbons (Fsp3) is 0.900. The first-order chi connectivity index (χ1) is 12.4. The van der Waals surface area contributed by atoms with E-state index in [1.807, 2.05) is 0 Å². The van der Waals surface area contributed by atoms with Gasteiger partial charge in [-0.3, -0.25) is 14.4 Å². The second-order valence-corrected chi connectivity index (χ2v) is 6.40. The van der Waals surface area contributed by atoms with Crippen molar-refractivity contribution < 1.29 is 19.2 Å². The largest absolute Gasteiger partial charge is 0.553 e. The molecule has 0 heterocycles. The summed E-state index contributed by atoms with van der Waals surface area (Å²) in [5, 5.41) is 9.03. The molecule has 0 saturated heterocycles. The molecule has 0 aliphatic heterocycles. The van der Waals surface area contributed by atoms with Crippen LogP contribution in [0.15, 0.2) is 0 Å². The fourth-order valence-corrected chi connectivity index (χ4v) is 3.08. The Morgan fingerprint density at radius 1 is 1.08 bits per heavy atom. The molecule has 26 heavy (non-hydrogen) atoms. The number of hydrogen-bond acceptors (Lipinski definition) is 3. The lowest BCUT2D eigenvalue weighted by atomic mass is 9.99. The molecular weight excluding hydrogens is 330 g/mol. The second-order valence-electron chi connectivity index (χ2n) is 6.40. The summed E-state index contributed by atoms with van der Waals surface area (Å²) in [6.07, 6.45) is 3.82. The Bertz CT molecular complexity index is 376. The summed E-state index contributed by atoms with van der Waals surface area (Å²) in [6.45, 7) is 19.2. The van der Waals surface area contributed by atoms with Crippen LogP contribution in [0.1, 0.15) is 67.2 Å². The van der Waals surface area contributed by atoms with Gasteiger partial charge in [-0.1, -0.05) is 33.1 Å². The standard InChI is InChI=1S/C18H40N3.C2H4O3/c1-8-14-15-17(9-2)16-19(7)18(20(10-3)11-4)21(12-5)13-6;1-5-2(3)4/h17H,8-16H2,1-7H3;1H3,(H,3,4)/q+1;/p-1. The molecule has 0 bridgehead atoms. The van der Waals surface area contributed by atoms with Crippen molar-refractivity contribution in [1.29, 1.82) is 0 Å². The van der Waals surface area contributed by atoms with Gasteiger partial charge in [-0.2, -0.15) is 0 Å². The van der Waals surface area contributed by atoms with E-state index in [9.17, 15) is 0 Å². The van der Waals surface area contributed by atoms with Gasteiger partial charge in [0.1, 0.15) is 0 Å². The normalized spacial score (nSPS) is 11.1. The Morgan fingerprint density at radius 2 is 1.58 bits per heavy atom. The molecule has 0 aliphatic rings. The Morgan fingerprint density at radius 3 is 1.88 bits per heavy atom. The minimum Gasteiger partial charge on any atom is -0.553 e. The molecule has 0 N–H and O–H groups in total. The van der Waals surface area contributed by atoms with Crippen molar-refractivity contribution in [3.05, 3.63) is 0 Å². The summed E-state index contributed by atoms with van der Waals surface area (Å²) in [5.74, 6) is 2.23. The number of unbranched alkanes of at least 4 members (excludes halogenated alkanes) is 1. The maximum Gasteiger partial charge on any atom is 0.350 e. The molecule has 6 nitrogen and oxygen atoms in total. The predicted octanol–water partition coefficient (Wildman–Crippen LogP) is 2.86. The number of carboxylic acid groups (broad SMARTS) is 1. The highest BCUT2D eigenvalue weighted by atomic mass is 16.6. The SMILES string of the molecule is CCCCC(CC)CN(C)C(N(CC)CC)=[N+](CC)CC.COC(=O)[O-]. The molecule has 0 aromatic carbocycles. The van der Waals surface area contributed by atoms with E-state index in [1.165, 1.54) is 38.2 Å². The Labute approximate surface area is 161 Å². The van der Waals surface area contributed by atoms with E-state index in [-0.39, 0.29) is 0 Å². The van der Waals surface area contributed by atoms with Gasteiger partial charge in [0, 0.05) is 7.11 Å². The van der Waals surface area contributed by atoms with Crippen LogP contribution < -0.4 is 5.11 Å². The van der Waals surface area contributed by atoms with Crippen LogP contribution >= 0.6 is 0 Å². The third-order valence-corrected chi connectivity index (χ3v) is 4.68. The van der Waals surface area contributed by atoms with E-state index in [2.05, 4.69) is 67.7 Å². The molecule has 1 unspecified atom stereocenters. The highest BCUT2D eigenvalue weighted by molar-refractivity contribution is 5.75. The van der Waals surface area contributed by atoms with Crippen LogP contribution in [0.3, 0.4) is 0 Å². The summed E-state index contributed by atoms with van der Waals surface area (Å²) >= 11 is 0. The van der Waals surface area contributed by atoms with Gasteiger partial charge in [0.15, 0.2) is 0 Å². The van der Waals surface area contributed by atoms with Crippen molar-refractivity contribution in [2.24, 2.45) is 5.92 Å². The monoisotopic (exact) mass is 373 g/mol. The molecule has 0 aliphatic carbocycles. The van der Waals surface area contributed by atoms with E-state index in [4.69, 9.17) is 9.90 Å². The average Bonchev–Trinajstić information content (AvgIpc) is 2.65. The molecule has 0 aromatic heterocycles. The number of nitrogens with zero attached hydrogens (tertiary/aromatic N) is 3. The molecule has 0 amide bonds. The zero-order valence-electron chi connectivity index (χ0n) is 18.5. The first-order valence-electron chi connectivity index (χ1n) is 10.2. The fourth-order valence-electron chi connectivity index (χ4n) is 3.08. The molecule has 0 saturated carbocycles. The minimum absolute atomic E-state index is 0.816. The van der Waals surface area contributed by atoms with Crippen molar-refractivity contribution in [2.45, 2.75) is 67.2 Å². The van der Waals surface area contributed by atoms with E-state index in [0.29, 0.717) is 0 Å². The third-order valence-electron chi connectivity index (χ3n) is 4.68. The number of hydrogen-bond donors (Lipinski definition) is 0. The first kappa shape index (κ1) is 26.8. The highest BCUT2D eigenvalue weighted by Gasteiger charge is 2.25. The molecule has 1 atom stereocenters. The van der Waals surface area contributed by atoms with Gasteiger partial charge in [0.2, 0.25) is 0 Å². The van der Waals surface area contributed by atoms with Gasteiger partial charge < -0.3 is 14.6 Å². The van der Waals surface area contributed by atoms with Crippen molar-refractivity contribution in [3.63, 3.8) is 0 Å². The van der Waals surface area contributed by atoms with Gasteiger partial charge in [-0.25, -0.2) is 0 Å². The maximum atomic E-state index is 9.03. The summed E-state index contributed by atoms with van der Waals surface area (Å²) in [7, 11) is 3.32. The Balaban J connectivity index is 0. The van der Waals surface area contributed by atoms with Gasteiger partial charge in [-0.15, -0.1) is 0 Å². The summed E-state index contributed by atoms with van der Waals surface area (Å²) in [6, 6.07) is 0. The van der Waals surface area contributed by atoms with Gasteiger partial charge in [-0.05, 0) is 40.0 Å². The molecule has 6 heteroatoms. The average molecular weight is 374 g/mol. The second kappa shape index (κ2) is 17.0. The lowest BCUT2D eigenvalue weighted by molar-refractivity contribution is -0.530. The molecule has 156 valence electrons. The van der Waals surface area contributed by atoms with Crippen LogP contribution in [0.25, 0.3) is 0 Å². The van der Waals surface area contributed by atoms with Crippen molar-refractivity contribution >= 4 is 12.1 Å². The van der Waals surface area contributed by atoms with E-state index in [0.717, 1.165) is 39.2 Å². The van der Waals surface area contributed by atoms with Crippen LogP contribution in [0.4, 0.5) is 4.79 Å². The predicted molar refractivity (Wildman–Crippen MR) is 108 cm³/mol. The van der Waals surface area contributed by atoms with Crippen LogP contribution in [0.2, 0.25) is 0 Å². The van der Waals surface area contributed by atoms with Crippen LogP contribution in [0, 0.1) is 5.92 Å². The molecule has 0 rings (SSSR count). The van der Waals surface area contributed by atoms with Crippen LogP contribution in [-0.2, 0) is 4.74 Å². The number of rotatable bonds is 10. The van der Waals surface area contributed by atoms with Crippen LogP contribution in [-0.4, -0.2) is 73.4 Å². The van der Waals surface area contributed by atoms with Gasteiger partial charge in [0.05, 0.1) is 39.8 Å². The van der Waals surface area contributed by atoms with Gasteiger partial charge >= 0.3 is 5.96 Å². The lowest BCUT2D eigenvalue weighted by Crippen LogP contribution is -2.49. The van der Waals surface area contributed by atoms with Crippen molar-refractivity contribution in [3.8, 4) is 0 Å². The summed E-state index contributed by atoms with van der Waals surface area (Å²) in [5.41, 5.74) is 0. The van der Waals surface area contributed by atoms with Crippen molar-refractivity contribution in [1.82, 2.24) is 9.80 Å². The Hall–Kier alpha value is -1.46. The molecule has 0 aromatic rings. The molecule has 0 fully saturated rings.